The minimum Gasteiger partial charge on any atom is -0.488 e. The number of hydrogen-bond acceptors (Lipinski definition) is 6. The van der Waals surface area contributed by atoms with E-state index in [1.165, 1.54) is 0 Å². The minimum absolute atomic E-state index is 0.148. The summed E-state index contributed by atoms with van der Waals surface area (Å²) in [6.07, 6.45) is 4.53. The highest BCUT2D eigenvalue weighted by molar-refractivity contribution is 6.04. The van der Waals surface area contributed by atoms with E-state index in [1.807, 2.05) is 0 Å². The molecule has 0 aliphatic rings. The maximum absolute atomic E-state index is 12.6. The van der Waals surface area contributed by atoms with Crippen molar-refractivity contribution in [3.8, 4) is 17.2 Å². The van der Waals surface area contributed by atoms with E-state index >= 15 is 0 Å². The molecular formula is C19H20N4O4. The van der Waals surface area contributed by atoms with E-state index in [9.17, 15) is 9.90 Å². The Bertz CT molecular complexity index is 911. The number of aliphatic hydroxyl groups excluding tert-OH is 1. The minimum atomic E-state index is -0.423. The van der Waals surface area contributed by atoms with E-state index in [1.54, 1.807) is 73.6 Å². The van der Waals surface area contributed by atoms with Gasteiger partial charge in [-0.25, -0.2) is 0 Å². The number of aromatic nitrogens is 3. The van der Waals surface area contributed by atoms with Crippen molar-refractivity contribution in [3.05, 3.63) is 60.6 Å². The molecule has 3 aromatic rings. The van der Waals surface area contributed by atoms with E-state index < -0.39 is 6.10 Å². The number of aryl methyl sites for hydroxylation is 1. The third kappa shape index (κ3) is 5.05. The van der Waals surface area contributed by atoms with Gasteiger partial charge in [0.05, 0.1) is 6.61 Å². The van der Waals surface area contributed by atoms with E-state index in [2.05, 4.69) is 15.4 Å². The van der Waals surface area contributed by atoms with Crippen molar-refractivity contribution < 1.29 is 19.4 Å². The molecule has 0 spiro atoms. The van der Waals surface area contributed by atoms with Crippen LogP contribution in [0.1, 0.15) is 17.3 Å². The van der Waals surface area contributed by atoms with Crippen LogP contribution in [-0.4, -0.2) is 38.5 Å². The second kappa shape index (κ2) is 8.33. The Hall–Kier alpha value is -3.39. The summed E-state index contributed by atoms with van der Waals surface area (Å²) in [6.45, 7) is 1.58. The van der Waals surface area contributed by atoms with Crippen LogP contribution < -0.4 is 14.8 Å². The van der Waals surface area contributed by atoms with Crippen LogP contribution in [0.15, 0.2) is 55.0 Å². The van der Waals surface area contributed by atoms with Crippen molar-refractivity contribution in [2.45, 2.75) is 13.0 Å². The van der Waals surface area contributed by atoms with Crippen LogP contribution in [0.5, 0.6) is 17.2 Å². The molecule has 0 fully saturated rings. The summed E-state index contributed by atoms with van der Waals surface area (Å²) in [6, 6.07) is 9.96. The van der Waals surface area contributed by atoms with Crippen LogP contribution in [0.3, 0.4) is 0 Å². The Labute approximate surface area is 156 Å². The Kier molecular flexibility index (Phi) is 5.68. The van der Waals surface area contributed by atoms with Gasteiger partial charge in [-0.2, -0.15) is 5.10 Å². The maximum atomic E-state index is 12.6. The highest BCUT2D eigenvalue weighted by Gasteiger charge is 2.14. The molecule has 140 valence electrons. The van der Waals surface area contributed by atoms with Gasteiger partial charge in [0.25, 0.3) is 5.91 Å². The highest BCUT2D eigenvalue weighted by atomic mass is 16.5. The molecule has 0 unspecified atom stereocenters. The van der Waals surface area contributed by atoms with Gasteiger partial charge >= 0.3 is 0 Å². The number of carbonyl (C=O) groups excluding carboxylic acids is 1. The fraction of sp³-hybridized carbons (Fsp3) is 0.211. The van der Waals surface area contributed by atoms with Gasteiger partial charge in [0, 0.05) is 43.3 Å². The molecule has 8 nitrogen and oxygen atoms in total. The van der Waals surface area contributed by atoms with Gasteiger partial charge in [0.15, 0.2) is 5.82 Å². The second-order valence-corrected chi connectivity index (χ2v) is 5.92. The quantitative estimate of drug-likeness (QED) is 0.665. The van der Waals surface area contributed by atoms with Crippen molar-refractivity contribution >= 4 is 11.7 Å². The molecule has 2 heterocycles. The average molecular weight is 368 g/mol. The Morgan fingerprint density at radius 2 is 1.93 bits per heavy atom. The summed E-state index contributed by atoms with van der Waals surface area (Å²) in [4.78, 5) is 16.5. The Morgan fingerprint density at radius 1 is 1.19 bits per heavy atom. The molecule has 0 radical (unpaired) electrons. The standard InChI is InChI=1S/C19H20N4O4/c1-13(12-24)26-16-9-14(19(25)21-18-5-8-23(2)22-18)10-17(11-16)27-15-3-6-20-7-4-15/h3-11,13,24H,12H2,1-2H3,(H,21,22,25)/t13-/m0/s1. The predicted molar refractivity (Wildman–Crippen MR) is 99.1 cm³/mol. The summed E-state index contributed by atoms with van der Waals surface area (Å²) < 4.78 is 13.0. The van der Waals surface area contributed by atoms with Crippen LogP contribution in [0.25, 0.3) is 0 Å². The Balaban J connectivity index is 1.87. The first-order valence-electron chi connectivity index (χ1n) is 8.35. The molecule has 0 saturated carbocycles. The zero-order chi connectivity index (χ0) is 19.2. The molecule has 2 N–H and O–H groups in total. The number of nitrogens with zero attached hydrogens (tertiary/aromatic N) is 3. The molecule has 1 aromatic carbocycles. The number of rotatable bonds is 7. The monoisotopic (exact) mass is 368 g/mol. The fourth-order valence-corrected chi connectivity index (χ4v) is 2.31. The second-order valence-electron chi connectivity index (χ2n) is 5.92. The molecule has 0 aliphatic heterocycles. The van der Waals surface area contributed by atoms with Crippen LogP contribution in [0, 0.1) is 0 Å². The number of amides is 1. The third-order valence-electron chi connectivity index (χ3n) is 3.58. The molecule has 8 heteroatoms. The summed E-state index contributed by atoms with van der Waals surface area (Å²) in [7, 11) is 1.76. The summed E-state index contributed by atoms with van der Waals surface area (Å²) in [5.74, 6) is 1.50. The maximum Gasteiger partial charge on any atom is 0.257 e. The van der Waals surface area contributed by atoms with Gasteiger partial charge in [0.2, 0.25) is 0 Å². The van der Waals surface area contributed by atoms with E-state index in [-0.39, 0.29) is 12.5 Å². The van der Waals surface area contributed by atoms with E-state index in [0.717, 1.165) is 0 Å². The molecule has 2 aromatic heterocycles. The normalized spacial score (nSPS) is 11.7. The van der Waals surface area contributed by atoms with E-state index in [4.69, 9.17) is 9.47 Å². The van der Waals surface area contributed by atoms with Gasteiger partial charge < -0.3 is 19.9 Å². The molecule has 27 heavy (non-hydrogen) atoms. The van der Waals surface area contributed by atoms with Crippen LogP contribution in [-0.2, 0) is 7.05 Å². The number of hydrogen-bond donors (Lipinski definition) is 2. The van der Waals surface area contributed by atoms with Gasteiger partial charge in [-0.05, 0) is 31.2 Å². The number of benzene rings is 1. The van der Waals surface area contributed by atoms with Crippen molar-refractivity contribution in [3.63, 3.8) is 0 Å². The summed E-state index contributed by atoms with van der Waals surface area (Å²) in [5.41, 5.74) is 0.340. The van der Waals surface area contributed by atoms with Crippen LogP contribution in [0.4, 0.5) is 5.82 Å². The number of nitrogens with one attached hydrogen (secondary N) is 1. The SMILES string of the molecule is C[C@@H](CO)Oc1cc(Oc2ccncc2)cc(C(=O)Nc2ccn(C)n2)c1. The van der Waals surface area contributed by atoms with Crippen molar-refractivity contribution in [1.29, 1.82) is 0 Å². The lowest BCUT2D eigenvalue weighted by molar-refractivity contribution is 0.102. The fourth-order valence-electron chi connectivity index (χ4n) is 2.31. The lowest BCUT2D eigenvalue weighted by Crippen LogP contribution is -2.17. The first-order chi connectivity index (χ1) is 13.0. The number of aliphatic hydroxyl groups is 1. The van der Waals surface area contributed by atoms with Crippen LogP contribution >= 0.6 is 0 Å². The smallest absolute Gasteiger partial charge is 0.257 e. The Morgan fingerprint density at radius 3 is 2.59 bits per heavy atom. The lowest BCUT2D eigenvalue weighted by atomic mass is 10.2. The third-order valence-corrected chi connectivity index (χ3v) is 3.58. The van der Waals surface area contributed by atoms with Gasteiger partial charge in [-0.15, -0.1) is 0 Å². The molecule has 3 rings (SSSR count). The summed E-state index contributed by atoms with van der Waals surface area (Å²) >= 11 is 0. The first kappa shape index (κ1) is 18.4. The number of anilines is 1. The molecule has 0 saturated heterocycles. The molecule has 0 aliphatic carbocycles. The number of carbonyl (C=O) groups is 1. The molecule has 1 amide bonds. The van der Waals surface area contributed by atoms with Crippen molar-refractivity contribution in [2.24, 2.45) is 7.05 Å². The first-order valence-corrected chi connectivity index (χ1v) is 8.35. The zero-order valence-corrected chi connectivity index (χ0v) is 15.0. The largest absolute Gasteiger partial charge is 0.488 e. The molecular weight excluding hydrogens is 348 g/mol. The number of pyridine rings is 1. The van der Waals surface area contributed by atoms with Gasteiger partial charge in [-0.3, -0.25) is 14.5 Å². The van der Waals surface area contributed by atoms with Gasteiger partial charge in [0.1, 0.15) is 23.4 Å². The van der Waals surface area contributed by atoms with Crippen LogP contribution in [0.2, 0.25) is 0 Å². The van der Waals surface area contributed by atoms with E-state index in [0.29, 0.717) is 28.6 Å². The average Bonchev–Trinajstić information content (AvgIpc) is 3.07. The molecule has 0 bridgehead atoms. The zero-order valence-electron chi connectivity index (χ0n) is 15.0. The molecule has 1 atom stereocenters. The topological polar surface area (TPSA) is 98.5 Å². The number of ether oxygens (including phenoxy) is 2. The highest BCUT2D eigenvalue weighted by Crippen LogP contribution is 2.28. The summed E-state index contributed by atoms with van der Waals surface area (Å²) in [5, 5.41) is 16.1. The van der Waals surface area contributed by atoms with Crippen molar-refractivity contribution in [2.75, 3.05) is 11.9 Å². The predicted octanol–water partition coefficient (Wildman–Crippen LogP) is 2.62. The van der Waals surface area contributed by atoms with Gasteiger partial charge in [-0.1, -0.05) is 0 Å². The lowest BCUT2D eigenvalue weighted by Gasteiger charge is -2.15. The van der Waals surface area contributed by atoms with Crippen molar-refractivity contribution in [1.82, 2.24) is 14.8 Å².